The van der Waals surface area contributed by atoms with Gasteiger partial charge in [-0.05, 0) is 31.2 Å². The van der Waals surface area contributed by atoms with Crippen LogP contribution in [0.4, 0.5) is 0 Å². The lowest BCUT2D eigenvalue weighted by atomic mass is 10.2. The van der Waals surface area contributed by atoms with Gasteiger partial charge in [0.05, 0.1) is 11.9 Å². The van der Waals surface area contributed by atoms with Crippen molar-refractivity contribution >= 4 is 0 Å². The Morgan fingerprint density at radius 2 is 1.75 bits per heavy atom. The fraction of sp³-hybridized carbons (Fsp3) is 0.118. The number of aromatic nitrogens is 2. The van der Waals surface area contributed by atoms with Crippen molar-refractivity contribution in [3.05, 3.63) is 78.1 Å². The summed E-state index contributed by atoms with van der Waals surface area (Å²) >= 11 is 0. The molecule has 0 aliphatic carbocycles. The monoisotopic (exact) mass is 264 g/mol. The lowest BCUT2D eigenvalue weighted by molar-refractivity contribution is 0.306. The fourth-order valence-electron chi connectivity index (χ4n) is 1.96. The number of nitrogens with zero attached hydrogens (tertiary/aromatic N) is 2. The molecule has 3 aromatic rings. The van der Waals surface area contributed by atoms with Gasteiger partial charge in [0.15, 0.2) is 0 Å². The van der Waals surface area contributed by atoms with Gasteiger partial charge in [0.2, 0.25) is 0 Å². The minimum Gasteiger partial charge on any atom is -0.489 e. The molecular weight excluding hydrogens is 248 g/mol. The van der Waals surface area contributed by atoms with Gasteiger partial charge < -0.3 is 4.74 Å². The molecule has 0 N–H and O–H groups in total. The summed E-state index contributed by atoms with van der Waals surface area (Å²) in [5.74, 6) is 0.878. The summed E-state index contributed by atoms with van der Waals surface area (Å²) in [5.41, 5.74) is 3.33. The zero-order valence-electron chi connectivity index (χ0n) is 11.4. The van der Waals surface area contributed by atoms with Crippen LogP contribution < -0.4 is 4.74 Å². The molecule has 3 heteroatoms. The van der Waals surface area contributed by atoms with Crippen molar-refractivity contribution in [1.29, 1.82) is 0 Å². The standard InChI is InChI=1S/C17H16N2O/c1-14-7-9-17(10-8-14)20-13-15-11-18-19(12-15)16-5-3-2-4-6-16/h2-12H,13H2,1H3. The maximum atomic E-state index is 5.74. The normalized spacial score (nSPS) is 10.4. The predicted octanol–water partition coefficient (Wildman–Crippen LogP) is 3.76. The van der Waals surface area contributed by atoms with E-state index >= 15 is 0 Å². The second kappa shape index (κ2) is 5.61. The second-order valence-electron chi connectivity index (χ2n) is 4.73. The smallest absolute Gasteiger partial charge is 0.119 e. The predicted molar refractivity (Wildman–Crippen MR) is 79.1 cm³/mol. The van der Waals surface area contributed by atoms with Gasteiger partial charge >= 0.3 is 0 Å². The first-order valence-corrected chi connectivity index (χ1v) is 6.60. The Bertz CT molecular complexity index is 672. The first-order chi connectivity index (χ1) is 9.81. The summed E-state index contributed by atoms with van der Waals surface area (Å²) in [7, 11) is 0. The van der Waals surface area contributed by atoms with E-state index in [1.807, 2.05) is 71.7 Å². The topological polar surface area (TPSA) is 27.1 Å². The number of para-hydroxylation sites is 1. The Hall–Kier alpha value is -2.55. The summed E-state index contributed by atoms with van der Waals surface area (Å²) < 4.78 is 7.60. The zero-order valence-corrected chi connectivity index (χ0v) is 11.4. The van der Waals surface area contributed by atoms with E-state index < -0.39 is 0 Å². The van der Waals surface area contributed by atoms with Crippen LogP contribution in [0, 0.1) is 6.92 Å². The van der Waals surface area contributed by atoms with E-state index in [0.29, 0.717) is 6.61 Å². The van der Waals surface area contributed by atoms with E-state index in [1.165, 1.54) is 5.56 Å². The third-order valence-corrected chi connectivity index (χ3v) is 3.08. The molecule has 1 aromatic heterocycles. The van der Waals surface area contributed by atoms with Crippen LogP contribution in [0.3, 0.4) is 0 Å². The van der Waals surface area contributed by atoms with E-state index in [2.05, 4.69) is 12.0 Å². The SMILES string of the molecule is Cc1ccc(OCc2cnn(-c3ccccc3)c2)cc1. The van der Waals surface area contributed by atoms with Crippen LogP contribution in [0.25, 0.3) is 5.69 Å². The Morgan fingerprint density at radius 3 is 2.50 bits per heavy atom. The van der Waals surface area contributed by atoms with E-state index in [9.17, 15) is 0 Å². The van der Waals surface area contributed by atoms with Crippen LogP contribution >= 0.6 is 0 Å². The average Bonchev–Trinajstić information content (AvgIpc) is 2.97. The Labute approximate surface area is 118 Å². The van der Waals surface area contributed by atoms with Crippen LogP contribution in [0.1, 0.15) is 11.1 Å². The quantitative estimate of drug-likeness (QED) is 0.717. The molecule has 0 spiro atoms. The van der Waals surface area contributed by atoms with Gasteiger partial charge in [0, 0.05) is 11.8 Å². The zero-order chi connectivity index (χ0) is 13.8. The summed E-state index contributed by atoms with van der Waals surface area (Å²) in [6, 6.07) is 18.1. The molecule has 0 fully saturated rings. The lowest BCUT2D eigenvalue weighted by Crippen LogP contribution is -1.95. The first-order valence-electron chi connectivity index (χ1n) is 6.60. The van der Waals surface area contributed by atoms with Crippen molar-refractivity contribution in [2.24, 2.45) is 0 Å². The number of hydrogen-bond donors (Lipinski definition) is 0. The molecule has 0 bridgehead atoms. The van der Waals surface area contributed by atoms with E-state index in [-0.39, 0.29) is 0 Å². The second-order valence-corrected chi connectivity index (χ2v) is 4.73. The van der Waals surface area contributed by atoms with Gasteiger partial charge in [-0.15, -0.1) is 0 Å². The molecule has 100 valence electrons. The summed E-state index contributed by atoms with van der Waals surface area (Å²) in [6.07, 6.45) is 3.82. The van der Waals surface area contributed by atoms with Crippen LogP contribution in [-0.2, 0) is 6.61 Å². The molecule has 0 saturated carbocycles. The van der Waals surface area contributed by atoms with Gasteiger partial charge in [-0.25, -0.2) is 4.68 Å². The van der Waals surface area contributed by atoms with Gasteiger partial charge in [0.25, 0.3) is 0 Å². The van der Waals surface area contributed by atoms with Gasteiger partial charge in [0.1, 0.15) is 12.4 Å². The van der Waals surface area contributed by atoms with Crippen LogP contribution in [-0.4, -0.2) is 9.78 Å². The van der Waals surface area contributed by atoms with E-state index in [1.54, 1.807) is 0 Å². The molecular formula is C17H16N2O. The van der Waals surface area contributed by atoms with Crippen LogP contribution in [0.5, 0.6) is 5.75 Å². The highest BCUT2D eigenvalue weighted by Crippen LogP contribution is 2.14. The van der Waals surface area contributed by atoms with Crippen LogP contribution in [0.15, 0.2) is 67.0 Å². The van der Waals surface area contributed by atoms with Gasteiger partial charge in [-0.3, -0.25) is 0 Å². The van der Waals surface area contributed by atoms with Crippen molar-refractivity contribution in [3.63, 3.8) is 0 Å². The molecule has 0 aliphatic rings. The van der Waals surface area contributed by atoms with Gasteiger partial charge in [-0.2, -0.15) is 5.10 Å². The minimum atomic E-state index is 0.524. The third-order valence-electron chi connectivity index (χ3n) is 3.08. The van der Waals surface area contributed by atoms with E-state index in [0.717, 1.165) is 17.0 Å². The largest absolute Gasteiger partial charge is 0.489 e. The molecule has 20 heavy (non-hydrogen) atoms. The molecule has 0 amide bonds. The summed E-state index contributed by atoms with van der Waals surface area (Å²) in [4.78, 5) is 0. The maximum Gasteiger partial charge on any atom is 0.119 e. The highest BCUT2D eigenvalue weighted by atomic mass is 16.5. The number of benzene rings is 2. The Kier molecular flexibility index (Phi) is 3.50. The highest BCUT2D eigenvalue weighted by Gasteiger charge is 2.01. The first kappa shape index (κ1) is 12.5. The molecule has 0 unspecified atom stereocenters. The van der Waals surface area contributed by atoms with Crippen molar-refractivity contribution in [1.82, 2.24) is 9.78 Å². The number of rotatable bonds is 4. The number of hydrogen-bond acceptors (Lipinski definition) is 2. The number of aryl methyl sites for hydroxylation is 1. The molecule has 0 atom stereocenters. The summed E-state index contributed by atoms with van der Waals surface area (Å²) in [5, 5.41) is 4.35. The van der Waals surface area contributed by atoms with Crippen molar-refractivity contribution < 1.29 is 4.74 Å². The molecule has 2 aromatic carbocycles. The highest BCUT2D eigenvalue weighted by molar-refractivity contribution is 5.31. The fourth-order valence-corrected chi connectivity index (χ4v) is 1.96. The molecule has 1 heterocycles. The van der Waals surface area contributed by atoms with Crippen molar-refractivity contribution in [3.8, 4) is 11.4 Å². The molecule has 0 saturated heterocycles. The molecule has 3 rings (SSSR count). The van der Waals surface area contributed by atoms with Crippen molar-refractivity contribution in [2.75, 3.05) is 0 Å². The average molecular weight is 264 g/mol. The third kappa shape index (κ3) is 2.88. The number of ether oxygens (including phenoxy) is 1. The Balaban J connectivity index is 1.67. The van der Waals surface area contributed by atoms with Crippen molar-refractivity contribution in [2.45, 2.75) is 13.5 Å². The molecule has 0 aliphatic heterocycles. The van der Waals surface area contributed by atoms with Gasteiger partial charge in [-0.1, -0.05) is 35.9 Å². The maximum absolute atomic E-state index is 5.74. The molecule has 0 radical (unpaired) electrons. The lowest BCUT2D eigenvalue weighted by Gasteiger charge is -2.04. The minimum absolute atomic E-state index is 0.524. The summed E-state index contributed by atoms with van der Waals surface area (Å²) in [6.45, 7) is 2.59. The molecule has 3 nitrogen and oxygen atoms in total. The van der Waals surface area contributed by atoms with E-state index in [4.69, 9.17) is 4.74 Å². The Morgan fingerprint density at radius 1 is 1.00 bits per heavy atom. The van der Waals surface area contributed by atoms with Crippen LogP contribution in [0.2, 0.25) is 0 Å².